The van der Waals surface area contributed by atoms with Crippen LogP contribution in [0.1, 0.15) is 17.1 Å². The largest absolute Gasteiger partial charge is 0.384 e. The maximum atomic E-state index is 10.9. The Balaban J connectivity index is 2.36. The highest BCUT2D eigenvalue weighted by atomic mass is 16.6. The minimum atomic E-state index is -0.416. The molecule has 0 radical (unpaired) electrons. The van der Waals surface area contributed by atoms with E-state index in [1.54, 1.807) is 36.7 Å². The number of pyridine rings is 1. The van der Waals surface area contributed by atoms with Gasteiger partial charge >= 0.3 is 5.69 Å². The van der Waals surface area contributed by atoms with Crippen molar-refractivity contribution in [3.63, 3.8) is 0 Å². The van der Waals surface area contributed by atoms with Crippen LogP contribution < -0.4 is 5.73 Å². The van der Waals surface area contributed by atoms with Crippen LogP contribution in [0.2, 0.25) is 0 Å². The number of aryl methyl sites for hydroxylation is 1. The second-order valence-corrected chi connectivity index (χ2v) is 3.99. The van der Waals surface area contributed by atoms with E-state index in [1.165, 1.54) is 0 Å². The topological polar surface area (TPSA) is 99.9 Å². The van der Waals surface area contributed by atoms with Gasteiger partial charge in [-0.25, -0.2) is 4.98 Å². The third-order valence-corrected chi connectivity index (χ3v) is 2.67. The van der Waals surface area contributed by atoms with Crippen molar-refractivity contribution in [1.29, 1.82) is 0 Å². The first-order valence-electron chi connectivity index (χ1n) is 5.39. The van der Waals surface area contributed by atoms with E-state index in [0.717, 1.165) is 5.69 Å². The summed E-state index contributed by atoms with van der Waals surface area (Å²) in [5.41, 5.74) is 7.28. The molecule has 18 heavy (non-hydrogen) atoms. The van der Waals surface area contributed by atoms with Crippen LogP contribution in [-0.4, -0.2) is 19.7 Å². The Morgan fingerprint density at radius 2 is 2.17 bits per heavy atom. The summed E-state index contributed by atoms with van der Waals surface area (Å²) in [5, 5.41) is 15.0. The summed E-state index contributed by atoms with van der Waals surface area (Å²) in [6.07, 6.45) is 0. The van der Waals surface area contributed by atoms with Crippen molar-refractivity contribution in [2.24, 2.45) is 0 Å². The molecule has 2 aromatic rings. The Hall–Kier alpha value is -2.44. The quantitative estimate of drug-likeness (QED) is 0.653. The normalized spacial score (nSPS) is 10.6. The maximum Gasteiger partial charge on any atom is 0.312 e. The van der Waals surface area contributed by atoms with Crippen LogP contribution in [0.3, 0.4) is 0 Å². The van der Waals surface area contributed by atoms with Gasteiger partial charge < -0.3 is 5.73 Å². The summed E-state index contributed by atoms with van der Waals surface area (Å²) in [6.45, 7) is 3.66. The summed E-state index contributed by atoms with van der Waals surface area (Å²) >= 11 is 0. The van der Waals surface area contributed by atoms with Crippen LogP contribution in [0.25, 0.3) is 0 Å². The first-order valence-corrected chi connectivity index (χ1v) is 5.39. The Bertz CT molecular complexity index is 605. The zero-order valence-corrected chi connectivity index (χ0v) is 10.1. The zero-order valence-electron chi connectivity index (χ0n) is 10.1. The summed E-state index contributed by atoms with van der Waals surface area (Å²) in [5.74, 6) is 0.420. The van der Waals surface area contributed by atoms with Gasteiger partial charge in [0, 0.05) is 0 Å². The van der Waals surface area contributed by atoms with Gasteiger partial charge in [0.15, 0.2) is 0 Å². The molecule has 7 heteroatoms. The van der Waals surface area contributed by atoms with Gasteiger partial charge in [-0.15, -0.1) is 0 Å². The number of nitrogen functional groups attached to an aromatic ring is 1. The molecule has 0 aromatic carbocycles. The van der Waals surface area contributed by atoms with E-state index in [0.29, 0.717) is 23.8 Å². The van der Waals surface area contributed by atoms with Gasteiger partial charge in [-0.1, -0.05) is 6.07 Å². The van der Waals surface area contributed by atoms with Crippen molar-refractivity contribution in [3.8, 4) is 0 Å². The lowest BCUT2D eigenvalue weighted by Crippen LogP contribution is -2.06. The molecule has 0 aliphatic carbocycles. The average Bonchev–Trinajstić information content (AvgIpc) is 2.54. The molecular weight excluding hydrogens is 234 g/mol. The van der Waals surface area contributed by atoms with Crippen LogP contribution in [-0.2, 0) is 6.54 Å². The van der Waals surface area contributed by atoms with E-state index in [-0.39, 0.29) is 5.69 Å². The van der Waals surface area contributed by atoms with Crippen molar-refractivity contribution in [1.82, 2.24) is 14.8 Å². The molecule has 0 atom stereocenters. The molecule has 0 unspecified atom stereocenters. The van der Waals surface area contributed by atoms with Crippen molar-refractivity contribution in [2.45, 2.75) is 20.4 Å². The predicted molar refractivity (Wildman–Crippen MR) is 66.1 cm³/mol. The van der Waals surface area contributed by atoms with Gasteiger partial charge in [0.25, 0.3) is 0 Å². The number of rotatable bonds is 3. The molecule has 2 N–H and O–H groups in total. The molecule has 0 fully saturated rings. The molecule has 2 rings (SSSR count). The maximum absolute atomic E-state index is 10.9. The van der Waals surface area contributed by atoms with E-state index >= 15 is 0 Å². The Labute approximate surface area is 103 Å². The first kappa shape index (κ1) is 12.0. The van der Waals surface area contributed by atoms with E-state index in [4.69, 9.17) is 5.73 Å². The number of anilines is 1. The number of hydrogen-bond donors (Lipinski definition) is 1. The molecule has 7 nitrogen and oxygen atoms in total. The van der Waals surface area contributed by atoms with E-state index < -0.39 is 4.92 Å². The molecule has 2 heterocycles. The lowest BCUT2D eigenvalue weighted by Gasteiger charge is -2.03. The molecular formula is C11H13N5O2. The Morgan fingerprint density at radius 3 is 2.72 bits per heavy atom. The van der Waals surface area contributed by atoms with E-state index in [2.05, 4.69) is 10.1 Å². The SMILES string of the molecule is Cc1nn(Cc2cccc(N)n2)c(C)c1[N+](=O)[O-]. The second-order valence-electron chi connectivity index (χ2n) is 3.99. The zero-order chi connectivity index (χ0) is 13.3. The van der Waals surface area contributed by atoms with Gasteiger partial charge in [0.05, 0.1) is 17.2 Å². The molecule has 0 aliphatic rings. The predicted octanol–water partition coefficient (Wildman–Crippen LogP) is 1.43. The van der Waals surface area contributed by atoms with Crippen molar-refractivity contribution >= 4 is 11.5 Å². The Kier molecular flexibility index (Phi) is 2.97. The molecule has 0 bridgehead atoms. The summed E-state index contributed by atoms with van der Waals surface area (Å²) in [4.78, 5) is 14.6. The van der Waals surface area contributed by atoms with Crippen molar-refractivity contribution < 1.29 is 4.92 Å². The molecule has 0 amide bonds. The number of nitrogens with two attached hydrogens (primary N) is 1. The minimum Gasteiger partial charge on any atom is -0.384 e. The smallest absolute Gasteiger partial charge is 0.312 e. The highest BCUT2D eigenvalue weighted by Crippen LogP contribution is 2.22. The molecule has 0 saturated carbocycles. The van der Waals surface area contributed by atoms with Gasteiger partial charge in [0.1, 0.15) is 17.2 Å². The van der Waals surface area contributed by atoms with Gasteiger partial charge in [-0.05, 0) is 26.0 Å². The van der Waals surface area contributed by atoms with E-state index in [1.807, 2.05) is 0 Å². The molecule has 2 aromatic heterocycles. The summed E-state index contributed by atoms with van der Waals surface area (Å²) in [6, 6.07) is 5.28. The molecule has 0 spiro atoms. The van der Waals surface area contributed by atoms with Crippen LogP contribution >= 0.6 is 0 Å². The Morgan fingerprint density at radius 1 is 1.44 bits per heavy atom. The standard InChI is InChI=1S/C11H13N5O2/c1-7-11(16(17)18)8(2)15(14-7)6-9-4-3-5-10(12)13-9/h3-5H,6H2,1-2H3,(H2,12,13). The number of nitro groups is 1. The third-order valence-electron chi connectivity index (χ3n) is 2.67. The van der Waals surface area contributed by atoms with Crippen LogP contribution in [0.15, 0.2) is 18.2 Å². The second kappa shape index (κ2) is 4.44. The van der Waals surface area contributed by atoms with Crippen LogP contribution in [0.4, 0.5) is 11.5 Å². The molecule has 0 aliphatic heterocycles. The lowest BCUT2D eigenvalue weighted by molar-refractivity contribution is -0.386. The third kappa shape index (κ3) is 2.15. The van der Waals surface area contributed by atoms with Crippen LogP contribution in [0, 0.1) is 24.0 Å². The van der Waals surface area contributed by atoms with Crippen molar-refractivity contribution in [2.75, 3.05) is 5.73 Å². The lowest BCUT2D eigenvalue weighted by atomic mass is 10.3. The number of hydrogen-bond acceptors (Lipinski definition) is 5. The average molecular weight is 247 g/mol. The number of aromatic nitrogens is 3. The fourth-order valence-electron chi connectivity index (χ4n) is 1.85. The summed E-state index contributed by atoms with van der Waals surface area (Å²) in [7, 11) is 0. The molecule has 94 valence electrons. The highest BCUT2D eigenvalue weighted by Gasteiger charge is 2.21. The van der Waals surface area contributed by atoms with Crippen molar-refractivity contribution in [3.05, 3.63) is 45.4 Å². The van der Waals surface area contributed by atoms with Gasteiger partial charge in [-0.2, -0.15) is 5.10 Å². The monoisotopic (exact) mass is 247 g/mol. The van der Waals surface area contributed by atoms with E-state index in [9.17, 15) is 10.1 Å². The fraction of sp³-hybridized carbons (Fsp3) is 0.273. The first-order chi connectivity index (χ1) is 8.49. The van der Waals surface area contributed by atoms with Gasteiger partial charge in [0.2, 0.25) is 0 Å². The number of nitrogens with zero attached hydrogens (tertiary/aromatic N) is 4. The highest BCUT2D eigenvalue weighted by molar-refractivity contribution is 5.40. The minimum absolute atomic E-state index is 0.0545. The fourth-order valence-corrected chi connectivity index (χ4v) is 1.85. The molecule has 0 saturated heterocycles. The summed E-state index contributed by atoms with van der Waals surface area (Å²) < 4.78 is 1.56. The van der Waals surface area contributed by atoms with Gasteiger partial charge in [-0.3, -0.25) is 14.8 Å². The van der Waals surface area contributed by atoms with Crippen LogP contribution in [0.5, 0.6) is 0 Å².